The van der Waals surface area contributed by atoms with E-state index in [1.54, 1.807) is 13.1 Å². The molecule has 0 bridgehead atoms. The van der Waals surface area contributed by atoms with Crippen molar-refractivity contribution in [2.75, 3.05) is 12.4 Å². The molecule has 0 fully saturated rings. The third kappa shape index (κ3) is 1.53. The van der Waals surface area contributed by atoms with Crippen LogP contribution in [0.5, 0.6) is 5.75 Å². The van der Waals surface area contributed by atoms with Gasteiger partial charge in [0.25, 0.3) is 0 Å². The molecule has 10 heavy (non-hydrogen) atoms. The van der Waals surface area contributed by atoms with E-state index < -0.39 is 0 Å². The lowest BCUT2D eigenvalue weighted by atomic mass is 10.3. The van der Waals surface area contributed by atoms with Crippen molar-refractivity contribution in [3.8, 4) is 5.75 Å². The van der Waals surface area contributed by atoms with Gasteiger partial charge < -0.3 is 10.4 Å². The van der Waals surface area contributed by atoms with Crippen LogP contribution in [0.3, 0.4) is 0 Å². The van der Waals surface area contributed by atoms with Gasteiger partial charge in [-0.15, -0.1) is 0 Å². The molecule has 3 heteroatoms. The first-order valence-corrected chi connectivity index (χ1v) is 3.98. The Morgan fingerprint density at radius 2 is 2.20 bits per heavy atom. The summed E-state index contributed by atoms with van der Waals surface area (Å²) in [6.07, 6.45) is 0. The molecule has 0 radical (unpaired) electrons. The van der Waals surface area contributed by atoms with E-state index in [4.69, 9.17) is 0 Å². The van der Waals surface area contributed by atoms with Gasteiger partial charge in [0.2, 0.25) is 0 Å². The zero-order valence-corrected chi connectivity index (χ0v) is 7.71. The largest absolute Gasteiger partial charge is 0.506 e. The van der Waals surface area contributed by atoms with Gasteiger partial charge in [-0.3, -0.25) is 0 Å². The van der Waals surface area contributed by atoms with E-state index in [0.29, 0.717) is 5.75 Å². The highest BCUT2D eigenvalue weighted by atomic mass is 127. The van der Waals surface area contributed by atoms with E-state index in [-0.39, 0.29) is 0 Å². The molecule has 0 spiro atoms. The third-order valence-corrected chi connectivity index (χ3v) is 1.90. The molecule has 0 aromatic heterocycles. The standard InChI is InChI=1S/C7H8INO/c1-9-6-3-2-5(8)4-7(6)10/h2-4,9-10H,1H3. The second-order valence-corrected chi connectivity index (χ2v) is 3.16. The number of halogens is 1. The summed E-state index contributed by atoms with van der Waals surface area (Å²) in [5, 5.41) is 12.1. The number of phenolic OH excluding ortho intramolecular Hbond substituents is 1. The second-order valence-electron chi connectivity index (χ2n) is 1.91. The Kier molecular flexibility index (Phi) is 2.37. The number of nitrogens with one attached hydrogen (secondary N) is 1. The maximum atomic E-state index is 9.22. The number of hydrogen-bond donors (Lipinski definition) is 2. The van der Waals surface area contributed by atoms with Crippen LogP contribution in [0.15, 0.2) is 18.2 Å². The minimum atomic E-state index is 0.300. The van der Waals surface area contributed by atoms with Crippen molar-refractivity contribution >= 4 is 28.3 Å². The van der Waals surface area contributed by atoms with Gasteiger partial charge in [0.05, 0.1) is 5.69 Å². The quantitative estimate of drug-likeness (QED) is 0.589. The van der Waals surface area contributed by atoms with Gasteiger partial charge in [0.15, 0.2) is 0 Å². The summed E-state index contributed by atoms with van der Waals surface area (Å²) >= 11 is 2.15. The molecule has 0 aliphatic heterocycles. The molecular weight excluding hydrogens is 241 g/mol. The van der Waals surface area contributed by atoms with Crippen LogP contribution in [0, 0.1) is 3.57 Å². The molecule has 1 aromatic rings. The SMILES string of the molecule is CNc1ccc(I)cc1O. The summed E-state index contributed by atoms with van der Waals surface area (Å²) in [6, 6.07) is 5.50. The van der Waals surface area contributed by atoms with Gasteiger partial charge >= 0.3 is 0 Å². The molecule has 0 heterocycles. The molecule has 1 rings (SSSR count). The van der Waals surface area contributed by atoms with Gasteiger partial charge in [-0.1, -0.05) is 0 Å². The first-order chi connectivity index (χ1) is 4.74. The topological polar surface area (TPSA) is 32.3 Å². The van der Waals surface area contributed by atoms with Crippen LogP contribution >= 0.6 is 22.6 Å². The number of rotatable bonds is 1. The third-order valence-electron chi connectivity index (χ3n) is 1.23. The molecule has 0 aliphatic rings. The normalized spacial score (nSPS) is 9.40. The van der Waals surface area contributed by atoms with Crippen molar-refractivity contribution < 1.29 is 5.11 Å². The van der Waals surface area contributed by atoms with Crippen molar-refractivity contribution in [1.29, 1.82) is 0 Å². The van der Waals surface area contributed by atoms with Crippen LogP contribution in [-0.4, -0.2) is 12.2 Å². The highest BCUT2D eigenvalue weighted by molar-refractivity contribution is 14.1. The molecule has 0 atom stereocenters. The van der Waals surface area contributed by atoms with E-state index in [2.05, 4.69) is 27.9 Å². The fraction of sp³-hybridized carbons (Fsp3) is 0.143. The highest BCUT2D eigenvalue weighted by Crippen LogP contribution is 2.23. The second kappa shape index (κ2) is 3.09. The van der Waals surface area contributed by atoms with E-state index in [0.717, 1.165) is 9.26 Å². The predicted molar refractivity (Wildman–Crippen MR) is 50.4 cm³/mol. The van der Waals surface area contributed by atoms with Gasteiger partial charge in [-0.2, -0.15) is 0 Å². The fourth-order valence-corrected chi connectivity index (χ4v) is 1.19. The number of hydrogen-bond acceptors (Lipinski definition) is 2. The molecule has 1 aromatic carbocycles. The van der Waals surface area contributed by atoms with Crippen molar-refractivity contribution in [2.24, 2.45) is 0 Å². The number of benzene rings is 1. The summed E-state index contributed by atoms with van der Waals surface area (Å²) in [5.41, 5.74) is 0.764. The van der Waals surface area contributed by atoms with E-state index in [9.17, 15) is 5.11 Å². The molecule has 0 aliphatic carbocycles. The molecule has 2 nitrogen and oxygen atoms in total. The maximum absolute atomic E-state index is 9.22. The van der Waals surface area contributed by atoms with Crippen LogP contribution in [0.1, 0.15) is 0 Å². The van der Waals surface area contributed by atoms with Crippen LogP contribution < -0.4 is 5.32 Å². The average molecular weight is 249 g/mol. The number of aromatic hydroxyl groups is 1. The Labute approximate surface area is 73.4 Å². The molecule has 54 valence electrons. The number of phenols is 1. The summed E-state index contributed by atoms with van der Waals surface area (Å²) < 4.78 is 1.04. The zero-order valence-electron chi connectivity index (χ0n) is 5.56. The highest BCUT2D eigenvalue weighted by Gasteiger charge is 1.96. The molecule has 0 unspecified atom stereocenters. The van der Waals surface area contributed by atoms with Crippen molar-refractivity contribution in [3.05, 3.63) is 21.8 Å². The average Bonchev–Trinajstić information content (AvgIpc) is 1.88. The van der Waals surface area contributed by atoms with E-state index in [1.165, 1.54) is 0 Å². The fourth-order valence-electron chi connectivity index (χ4n) is 0.716. The predicted octanol–water partition coefficient (Wildman–Crippen LogP) is 2.04. The Hall–Kier alpha value is -0.450. The Morgan fingerprint density at radius 1 is 1.50 bits per heavy atom. The number of anilines is 1. The zero-order chi connectivity index (χ0) is 7.56. The molecular formula is C7H8INO. The molecule has 2 N–H and O–H groups in total. The lowest BCUT2D eigenvalue weighted by molar-refractivity contribution is 0.477. The Morgan fingerprint density at radius 3 is 2.70 bits per heavy atom. The van der Waals surface area contributed by atoms with E-state index >= 15 is 0 Å². The summed E-state index contributed by atoms with van der Waals surface area (Å²) in [5.74, 6) is 0.300. The van der Waals surface area contributed by atoms with Crippen LogP contribution in [0.25, 0.3) is 0 Å². The lowest BCUT2D eigenvalue weighted by Gasteiger charge is -2.01. The van der Waals surface area contributed by atoms with Gasteiger partial charge in [-0.05, 0) is 40.8 Å². The van der Waals surface area contributed by atoms with Crippen LogP contribution in [0.4, 0.5) is 5.69 Å². The van der Waals surface area contributed by atoms with Crippen molar-refractivity contribution in [1.82, 2.24) is 0 Å². The summed E-state index contributed by atoms with van der Waals surface area (Å²) in [4.78, 5) is 0. The Balaban J connectivity index is 3.07. The van der Waals surface area contributed by atoms with Gasteiger partial charge in [0, 0.05) is 10.6 Å². The lowest BCUT2D eigenvalue weighted by Crippen LogP contribution is -1.87. The minimum absolute atomic E-state index is 0.300. The summed E-state index contributed by atoms with van der Waals surface area (Å²) in [6.45, 7) is 0. The maximum Gasteiger partial charge on any atom is 0.139 e. The monoisotopic (exact) mass is 249 g/mol. The smallest absolute Gasteiger partial charge is 0.139 e. The molecule has 0 saturated heterocycles. The van der Waals surface area contributed by atoms with Gasteiger partial charge in [0.1, 0.15) is 5.75 Å². The Bertz CT molecular complexity index is 237. The van der Waals surface area contributed by atoms with Gasteiger partial charge in [-0.25, -0.2) is 0 Å². The van der Waals surface area contributed by atoms with Crippen LogP contribution in [0.2, 0.25) is 0 Å². The molecule has 0 saturated carbocycles. The molecule has 0 amide bonds. The minimum Gasteiger partial charge on any atom is -0.506 e. The summed E-state index contributed by atoms with van der Waals surface area (Å²) in [7, 11) is 1.78. The van der Waals surface area contributed by atoms with Crippen molar-refractivity contribution in [3.63, 3.8) is 0 Å². The van der Waals surface area contributed by atoms with Crippen LogP contribution in [-0.2, 0) is 0 Å². The van der Waals surface area contributed by atoms with Crippen molar-refractivity contribution in [2.45, 2.75) is 0 Å². The first-order valence-electron chi connectivity index (χ1n) is 2.90. The first kappa shape index (κ1) is 7.65. The van der Waals surface area contributed by atoms with E-state index in [1.807, 2.05) is 12.1 Å².